The molecular weight excluding hydrogens is 500 g/mol. The fourth-order valence-electron chi connectivity index (χ4n) is 3.63. The highest BCUT2D eigenvalue weighted by Gasteiger charge is 2.34. The minimum Gasteiger partial charge on any atom is -0.502 e. The summed E-state index contributed by atoms with van der Waals surface area (Å²) in [7, 11) is 0. The van der Waals surface area contributed by atoms with Crippen LogP contribution in [0.4, 0.5) is 11.4 Å². The molecule has 4 rings (SSSR count). The van der Waals surface area contributed by atoms with Crippen LogP contribution in [0.15, 0.2) is 50.7 Å². The molecule has 3 aromatic rings. The van der Waals surface area contributed by atoms with Crippen LogP contribution in [0.1, 0.15) is 30.3 Å². The number of nitro benzene ring substituents is 2. The van der Waals surface area contributed by atoms with Crippen LogP contribution >= 0.6 is 22.7 Å². The summed E-state index contributed by atoms with van der Waals surface area (Å²) in [6, 6.07) is 4.29. The van der Waals surface area contributed by atoms with Crippen LogP contribution in [0.3, 0.4) is 0 Å². The molecule has 35 heavy (non-hydrogen) atoms. The van der Waals surface area contributed by atoms with Gasteiger partial charge in [-0.15, -0.1) is 11.3 Å². The fraction of sp³-hybridized carbons (Fsp3) is 0.190. The highest BCUT2D eigenvalue weighted by atomic mass is 32.1. The molecule has 1 aliphatic rings. The first-order valence-corrected chi connectivity index (χ1v) is 11.7. The largest absolute Gasteiger partial charge is 0.502 e. The van der Waals surface area contributed by atoms with E-state index in [2.05, 4.69) is 4.99 Å². The first-order chi connectivity index (χ1) is 16.6. The second-order valence-corrected chi connectivity index (χ2v) is 9.22. The predicted octanol–water partition coefficient (Wildman–Crippen LogP) is 2.38. The molecule has 0 aliphatic carbocycles. The van der Waals surface area contributed by atoms with Crippen LogP contribution in [0.5, 0.6) is 5.75 Å². The number of phenolic OH excluding ortho intramolecular Hbond substituents is 1. The quantitative estimate of drug-likeness (QED) is 0.296. The van der Waals surface area contributed by atoms with Gasteiger partial charge in [0.05, 0.1) is 38.3 Å². The monoisotopic (exact) mass is 516 g/mol. The standard InChI is InChI=1S/C21H16N4O8S2/c1-3-33-20(28)16-10(2)22-21-23(17(16)14-5-4-6-34-14)19(27)15(35-21)8-11-7-12(24(29)30)9-13(18(11)26)25(31)32/h4-9,17,26H,3H2,1-2H3/b15-8-/t17-/m1/s1. The Hall–Kier alpha value is -4.17. The van der Waals surface area contributed by atoms with Crippen LogP contribution in [-0.4, -0.2) is 32.1 Å². The van der Waals surface area contributed by atoms with Gasteiger partial charge in [0.15, 0.2) is 4.80 Å². The molecule has 1 aliphatic heterocycles. The molecule has 0 amide bonds. The minimum atomic E-state index is -0.951. The van der Waals surface area contributed by atoms with Crippen molar-refractivity contribution in [2.45, 2.75) is 19.9 Å². The molecule has 1 N–H and O–H groups in total. The fourth-order valence-corrected chi connectivity index (χ4v) is 5.49. The number of nitro groups is 2. The van der Waals surface area contributed by atoms with E-state index in [1.54, 1.807) is 31.4 Å². The average Bonchev–Trinajstić information content (AvgIpc) is 3.42. The lowest BCUT2D eigenvalue weighted by molar-refractivity contribution is -0.394. The number of nitrogens with zero attached hydrogens (tertiary/aromatic N) is 4. The van der Waals surface area contributed by atoms with Crippen LogP contribution < -0.4 is 14.9 Å². The number of carbonyl (C=O) groups is 1. The number of non-ortho nitro benzene ring substituents is 1. The van der Waals surface area contributed by atoms with E-state index in [1.807, 2.05) is 0 Å². The Morgan fingerprint density at radius 1 is 1.31 bits per heavy atom. The van der Waals surface area contributed by atoms with Crippen LogP contribution in [0.2, 0.25) is 0 Å². The summed E-state index contributed by atoms with van der Waals surface area (Å²) in [4.78, 5) is 52.3. The molecule has 2 aromatic heterocycles. The van der Waals surface area contributed by atoms with Crippen molar-refractivity contribution in [2.75, 3.05) is 6.61 Å². The van der Waals surface area contributed by atoms with Crippen molar-refractivity contribution in [3.8, 4) is 5.75 Å². The zero-order chi connectivity index (χ0) is 25.4. The van der Waals surface area contributed by atoms with E-state index in [0.29, 0.717) is 16.6 Å². The van der Waals surface area contributed by atoms with Gasteiger partial charge < -0.3 is 9.84 Å². The Balaban J connectivity index is 1.98. The number of hydrogen-bond acceptors (Lipinski definition) is 11. The summed E-state index contributed by atoms with van der Waals surface area (Å²) in [5.74, 6) is -1.43. The van der Waals surface area contributed by atoms with Crippen molar-refractivity contribution in [1.82, 2.24) is 4.57 Å². The first kappa shape index (κ1) is 24.0. The molecule has 12 nitrogen and oxygen atoms in total. The van der Waals surface area contributed by atoms with Crippen molar-refractivity contribution in [2.24, 2.45) is 4.99 Å². The summed E-state index contributed by atoms with van der Waals surface area (Å²) in [5.41, 5.74) is -1.79. The number of hydrogen-bond donors (Lipinski definition) is 1. The molecule has 0 unspecified atom stereocenters. The number of allylic oxidation sites excluding steroid dienone is 1. The number of fused-ring (bicyclic) bond motifs is 1. The molecule has 1 atom stereocenters. The maximum Gasteiger partial charge on any atom is 0.338 e. The second kappa shape index (κ2) is 9.23. The maximum absolute atomic E-state index is 13.5. The van der Waals surface area contributed by atoms with Crippen LogP contribution in [-0.2, 0) is 9.53 Å². The average molecular weight is 517 g/mol. The summed E-state index contributed by atoms with van der Waals surface area (Å²) in [6.07, 6.45) is 1.13. The van der Waals surface area contributed by atoms with Crippen molar-refractivity contribution >= 4 is 46.1 Å². The Morgan fingerprint density at radius 3 is 2.66 bits per heavy atom. The summed E-state index contributed by atoms with van der Waals surface area (Å²) >= 11 is 2.25. The molecule has 14 heteroatoms. The van der Waals surface area contributed by atoms with E-state index < -0.39 is 44.5 Å². The topological polar surface area (TPSA) is 167 Å². The number of carbonyl (C=O) groups excluding carboxylic acids is 1. The van der Waals surface area contributed by atoms with E-state index >= 15 is 0 Å². The van der Waals surface area contributed by atoms with Crippen molar-refractivity contribution in [3.63, 3.8) is 0 Å². The minimum absolute atomic E-state index is 0.00770. The van der Waals surface area contributed by atoms with Gasteiger partial charge in [-0.1, -0.05) is 17.4 Å². The van der Waals surface area contributed by atoms with E-state index in [-0.39, 0.29) is 27.1 Å². The number of rotatable bonds is 6. The Labute approximate surface area is 203 Å². The summed E-state index contributed by atoms with van der Waals surface area (Å²) in [6.45, 7) is 3.41. The van der Waals surface area contributed by atoms with Gasteiger partial charge in [-0.25, -0.2) is 9.79 Å². The molecule has 180 valence electrons. The molecule has 0 spiro atoms. The first-order valence-electron chi connectivity index (χ1n) is 10.0. The van der Waals surface area contributed by atoms with Gasteiger partial charge >= 0.3 is 11.7 Å². The number of phenols is 1. The Kier molecular flexibility index (Phi) is 6.32. The highest BCUT2D eigenvalue weighted by Crippen LogP contribution is 2.35. The molecular formula is C21H16N4O8S2. The number of aromatic hydroxyl groups is 1. The molecule has 1 aromatic carbocycles. The molecule has 3 heterocycles. The number of thiazole rings is 1. The van der Waals surface area contributed by atoms with Gasteiger partial charge in [0, 0.05) is 16.5 Å². The molecule has 0 saturated carbocycles. The van der Waals surface area contributed by atoms with E-state index in [1.165, 1.54) is 15.9 Å². The lowest BCUT2D eigenvalue weighted by Crippen LogP contribution is -2.39. The SMILES string of the molecule is CCOC(=O)C1=C(C)N=c2s/c(=C\c3cc([N+](=O)[O-])cc([N+](=O)[O-])c3O)c(=O)n2[C@@H]1c1cccs1. The van der Waals surface area contributed by atoms with Gasteiger partial charge in [-0.3, -0.25) is 29.6 Å². The van der Waals surface area contributed by atoms with Gasteiger partial charge in [0.2, 0.25) is 5.75 Å². The predicted molar refractivity (Wildman–Crippen MR) is 126 cm³/mol. The number of thiophene rings is 1. The van der Waals surface area contributed by atoms with Crippen LogP contribution in [0.25, 0.3) is 6.08 Å². The Bertz CT molecular complexity index is 1580. The molecule has 0 fully saturated rings. The van der Waals surface area contributed by atoms with E-state index in [4.69, 9.17) is 4.74 Å². The summed E-state index contributed by atoms with van der Waals surface area (Å²) in [5, 5.41) is 34.7. The highest BCUT2D eigenvalue weighted by molar-refractivity contribution is 7.10. The van der Waals surface area contributed by atoms with Crippen molar-refractivity contribution in [1.29, 1.82) is 0 Å². The zero-order valence-corrected chi connectivity index (χ0v) is 19.8. The van der Waals surface area contributed by atoms with E-state index in [0.717, 1.165) is 23.5 Å². The molecule has 0 bridgehead atoms. The third-order valence-electron chi connectivity index (χ3n) is 5.13. The number of benzene rings is 1. The number of esters is 1. The summed E-state index contributed by atoms with van der Waals surface area (Å²) < 4.78 is 6.51. The van der Waals surface area contributed by atoms with Gasteiger partial charge in [0.25, 0.3) is 11.2 Å². The smallest absolute Gasteiger partial charge is 0.338 e. The number of aromatic nitrogens is 1. The zero-order valence-electron chi connectivity index (χ0n) is 18.2. The number of ether oxygens (including phenoxy) is 1. The van der Waals surface area contributed by atoms with Gasteiger partial charge in [-0.05, 0) is 31.4 Å². The van der Waals surface area contributed by atoms with Crippen LogP contribution in [0, 0.1) is 20.2 Å². The lowest BCUT2D eigenvalue weighted by Gasteiger charge is -2.23. The maximum atomic E-state index is 13.5. The normalized spacial score (nSPS) is 15.5. The molecule has 0 saturated heterocycles. The van der Waals surface area contributed by atoms with Crippen molar-refractivity contribution in [3.05, 3.63) is 91.3 Å². The van der Waals surface area contributed by atoms with E-state index in [9.17, 15) is 34.9 Å². The third kappa shape index (κ3) is 4.24. The van der Waals surface area contributed by atoms with Crippen molar-refractivity contribution < 1.29 is 24.5 Å². The van der Waals surface area contributed by atoms with Gasteiger partial charge in [0.1, 0.15) is 6.04 Å². The second-order valence-electron chi connectivity index (χ2n) is 7.23. The molecule has 0 radical (unpaired) electrons. The lowest BCUT2D eigenvalue weighted by atomic mass is 10.0. The Morgan fingerprint density at radius 2 is 2.06 bits per heavy atom. The van der Waals surface area contributed by atoms with Gasteiger partial charge in [-0.2, -0.15) is 0 Å². The third-order valence-corrected chi connectivity index (χ3v) is 7.04.